The zero-order valence-corrected chi connectivity index (χ0v) is 10.4. The second-order valence-corrected chi connectivity index (χ2v) is 6.68. The van der Waals surface area contributed by atoms with Crippen LogP contribution in [0.2, 0.25) is 6.55 Å². The maximum atomic E-state index is 5.70. The fraction of sp³-hybridized carbons (Fsp3) is 1.00. The van der Waals surface area contributed by atoms with Crippen LogP contribution in [-0.4, -0.2) is 35.1 Å². The molecule has 0 aliphatic carbocycles. The van der Waals surface area contributed by atoms with Crippen molar-refractivity contribution in [3.05, 3.63) is 0 Å². The second-order valence-electron chi connectivity index (χ2n) is 3.19. The van der Waals surface area contributed by atoms with E-state index in [9.17, 15) is 0 Å². The van der Waals surface area contributed by atoms with Crippen molar-refractivity contribution in [2.24, 2.45) is 0 Å². The molecule has 0 aliphatic rings. The van der Waals surface area contributed by atoms with Crippen LogP contribution < -0.4 is 0 Å². The van der Waals surface area contributed by atoms with Gasteiger partial charge in [0.2, 0.25) is 0 Å². The third-order valence-electron chi connectivity index (χ3n) is 2.29. The Morgan fingerprint density at radius 3 is 2.00 bits per heavy atom. The summed E-state index contributed by atoms with van der Waals surface area (Å²) in [5.74, 6) is 0. The smallest absolute Gasteiger partial charge is 0.364 e. The Morgan fingerprint density at radius 1 is 1.15 bits per heavy atom. The zero-order chi connectivity index (χ0) is 10.3. The lowest BCUT2D eigenvalue weighted by molar-refractivity contribution is 0.0582. The molecule has 0 spiro atoms. The molecule has 0 aromatic rings. The number of hydrogen-bond donors (Lipinski definition) is 0. The summed E-state index contributed by atoms with van der Waals surface area (Å²) in [6, 6.07) is 0. The van der Waals surface area contributed by atoms with Gasteiger partial charge in [-0.1, -0.05) is 13.8 Å². The van der Waals surface area contributed by atoms with Gasteiger partial charge in [0.25, 0.3) is 0 Å². The Morgan fingerprint density at radius 2 is 1.69 bits per heavy atom. The van der Waals surface area contributed by atoms with E-state index in [1.165, 1.54) is 0 Å². The third-order valence-corrected chi connectivity index (χ3v) is 5.66. The first-order valence-corrected chi connectivity index (χ1v) is 7.25. The highest BCUT2D eigenvalue weighted by molar-refractivity contribution is 6.67. The van der Waals surface area contributed by atoms with E-state index in [0.29, 0.717) is 0 Å². The summed E-state index contributed by atoms with van der Waals surface area (Å²) in [5, 5.41) is 0. The molecule has 1 atom stereocenters. The summed E-state index contributed by atoms with van der Waals surface area (Å²) < 4.78 is 16.6. The van der Waals surface area contributed by atoms with Crippen LogP contribution in [-0.2, 0) is 13.6 Å². The maximum absolute atomic E-state index is 5.70. The molecule has 0 aromatic carbocycles. The van der Waals surface area contributed by atoms with Crippen molar-refractivity contribution in [3.63, 3.8) is 0 Å². The van der Waals surface area contributed by atoms with Crippen LogP contribution >= 0.6 is 0 Å². The molecule has 0 saturated heterocycles. The summed E-state index contributed by atoms with van der Waals surface area (Å²) in [6.07, 6.45) is 1.98. The molecule has 0 bridgehead atoms. The molecule has 4 heteroatoms. The van der Waals surface area contributed by atoms with E-state index >= 15 is 0 Å². The van der Waals surface area contributed by atoms with Crippen LogP contribution in [0.1, 0.15) is 26.7 Å². The van der Waals surface area contributed by atoms with E-state index in [1.54, 1.807) is 14.2 Å². The second kappa shape index (κ2) is 6.54. The maximum Gasteiger partial charge on any atom is 0.364 e. The summed E-state index contributed by atoms with van der Waals surface area (Å²) >= 11 is 0. The van der Waals surface area contributed by atoms with Crippen molar-refractivity contribution in [2.45, 2.75) is 39.0 Å². The largest absolute Gasteiger partial charge is 0.396 e. The minimum atomic E-state index is -2.09. The van der Waals surface area contributed by atoms with Gasteiger partial charge < -0.3 is 13.6 Å². The van der Waals surface area contributed by atoms with E-state index in [1.807, 2.05) is 6.55 Å². The van der Waals surface area contributed by atoms with E-state index in [0.717, 1.165) is 19.4 Å². The van der Waals surface area contributed by atoms with Gasteiger partial charge in [-0.25, -0.2) is 0 Å². The molecule has 0 fully saturated rings. The molecule has 0 rings (SSSR count). The van der Waals surface area contributed by atoms with Gasteiger partial charge in [0.15, 0.2) is 0 Å². The lowest BCUT2D eigenvalue weighted by Gasteiger charge is -2.30. The minimum Gasteiger partial charge on any atom is -0.396 e. The lowest BCUT2D eigenvalue weighted by atomic mass is 10.5. The van der Waals surface area contributed by atoms with Crippen molar-refractivity contribution >= 4 is 8.56 Å². The first-order chi connectivity index (χ1) is 6.14. The average Bonchev–Trinajstić information content (AvgIpc) is 2.18. The van der Waals surface area contributed by atoms with E-state index in [2.05, 4.69) is 13.8 Å². The normalized spacial score (nSPS) is 14.5. The van der Waals surface area contributed by atoms with Gasteiger partial charge in [0, 0.05) is 20.8 Å². The molecule has 0 saturated carbocycles. The van der Waals surface area contributed by atoms with Gasteiger partial charge in [0.05, 0.1) is 0 Å². The van der Waals surface area contributed by atoms with Crippen molar-refractivity contribution in [1.82, 2.24) is 0 Å². The Balaban J connectivity index is 4.16. The monoisotopic (exact) mass is 206 g/mol. The summed E-state index contributed by atoms with van der Waals surface area (Å²) in [7, 11) is 1.32. The molecule has 3 nitrogen and oxygen atoms in total. The van der Waals surface area contributed by atoms with Crippen LogP contribution in [0.4, 0.5) is 0 Å². The quantitative estimate of drug-likeness (QED) is 0.597. The predicted molar refractivity (Wildman–Crippen MR) is 56.0 cm³/mol. The number of hydrogen-bond acceptors (Lipinski definition) is 3. The first-order valence-electron chi connectivity index (χ1n) is 4.86. The van der Waals surface area contributed by atoms with Crippen LogP contribution in [0.5, 0.6) is 0 Å². The average molecular weight is 206 g/mol. The molecule has 0 amide bonds. The van der Waals surface area contributed by atoms with Crippen molar-refractivity contribution in [3.8, 4) is 0 Å². The number of rotatable bonds is 7. The van der Waals surface area contributed by atoms with Gasteiger partial charge in [-0.05, 0) is 19.4 Å². The highest BCUT2D eigenvalue weighted by Crippen LogP contribution is 2.16. The highest BCUT2D eigenvalue weighted by atomic mass is 28.4. The fourth-order valence-electron chi connectivity index (χ4n) is 1.25. The van der Waals surface area contributed by atoms with Gasteiger partial charge in [-0.3, -0.25) is 0 Å². The van der Waals surface area contributed by atoms with Crippen molar-refractivity contribution < 1.29 is 13.6 Å². The van der Waals surface area contributed by atoms with Crippen LogP contribution in [0, 0.1) is 0 Å². The standard InChI is InChI=1S/C9H22O3Si/c1-6-8-12-9(7-2)13(5,10-3)11-4/h9H,6-8H2,1-5H3. The Bertz CT molecular complexity index is 126. The molecule has 0 heterocycles. The number of ether oxygens (including phenoxy) is 1. The molecule has 1 unspecified atom stereocenters. The summed E-state index contributed by atoms with van der Waals surface area (Å²) in [4.78, 5) is 0. The highest BCUT2D eigenvalue weighted by Gasteiger charge is 2.39. The minimum absolute atomic E-state index is 0.141. The van der Waals surface area contributed by atoms with Gasteiger partial charge in [-0.2, -0.15) is 0 Å². The Hall–Kier alpha value is 0.0969. The van der Waals surface area contributed by atoms with Crippen LogP contribution in [0.3, 0.4) is 0 Å². The van der Waals surface area contributed by atoms with Crippen molar-refractivity contribution in [1.29, 1.82) is 0 Å². The Labute approximate surface area is 82.6 Å². The first kappa shape index (κ1) is 13.1. The SMILES string of the molecule is CCCOC(CC)[Si](C)(OC)OC. The zero-order valence-electron chi connectivity index (χ0n) is 9.42. The summed E-state index contributed by atoms with van der Waals surface area (Å²) in [6.45, 7) is 7.03. The van der Waals surface area contributed by atoms with Crippen molar-refractivity contribution in [2.75, 3.05) is 20.8 Å². The van der Waals surface area contributed by atoms with E-state index in [-0.39, 0.29) is 5.73 Å². The van der Waals surface area contributed by atoms with Crippen LogP contribution in [0.25, 0.3) is 0 Å². The molecule has 13 heavy (non-hydrogen) atoms. The van der Waals surface area contributed by atoms with Gasteiger partial charge in [0.1, 0.15) is 5.73 Å². The van der Waals surface area contributed by atoms with Gasteiger partial charge in [-0.15, -0.1) is 0 Å². The predicted octanol–water partition coefficient (Wildman–Crippen LogP) is 2.10. The molecule has 0 N–H and O–H groups in total. The molecular formula is C9H22O3Si. The summed E-state index contributed by atoms with van der Waals surface area (Å²) in [5.41, 5.74) is 0.141. The lowest BCUT2D eigenvalue weighted by Crippen LogP contribution is -2.50. The molecule has 0 aromatic heterocycles. The molecule has 80 valence electrons. The molecule has 0 aliphatic heterocycles. The van der Waals surface area contributed by atoms with Gasteiger partial charge >= 0.3 is 8.56 Å². The molecular weight excluding hydrogens is 184 g/mol. The van der Waals surface area contributed by atoms with E-state index in [4.69, 9.17) is 13.6 Å². The topological polar surface area (TPSA) is 27.7 Å². The molecule has 0 radical (unpaired) electrons. The fourth-order valence-corrected chi connectivity index (χ4v) is 3.10. The van der Waals surface area contributed by atoms with Crippen LogP contribution in [0.15, 0.2) is 0 Å². The Kier molecular flexibility index (Phi) is 6.58. The third kappa shape index (κ3) is 3.77. The van der Waals surface area contributed by atoms with E-state index < -0.39 is 8.56 Å².